The molecule has 2 N–H and O–H groups in total. The molecular formula is C21H31N5S. The number of guanidine groups is 1. The minimum atomic E-state index is 0.435. The van der Waals surface area contributed by atoms with Crippen molar-refractivity contribution in [3.63, 3.8) is 0 Å². The van der Waals surface area contributed by atoms with Gasteiger partial charge in [-0.05, 0) is 45.7 Å². The monoisotopic (exact) mass is 385 g/mol. The summed E-state index contributed by atoms with van der Waals surface area (Å²) in [6.07, 6.45) is 2.41. The summed E-state index contributed by atoms with van der Waals surface area (Å²) in [6.45, 7) is 11.0. The Morgan fingerprint density at radius 3 is 2.81 bits per heavy atom. The number of hydrogen-bond acceptors (Lipinski definition) is 4. The molecule has 0 radical (unpaired) electrons. The van der Waals surface area contributed by atoms with Crippen molar-refractivity contribution < 1.29 is 0 Å². The van der Waals surface area contributed by atoms with Gasteiger partial charge in [-0.25, -0.2) is 9.98 Å². The number of piperidine rings is 1. The third-order valence-corrected chi connectivity index (χ3v) is 5.88. The van der Waals surface area contributed by atoms with E-state index in [1.54, 1.807) is 11.3 Å². The van der Waals surface area contributed by atoms with Crippen molar-refractivity contribution in [2.75, 3.05) is 19.6 Å². The summed E-state index contributed by atoms with van der Waals surface area (Å²) in [5.41, 5.74) is 2.48. The van der Waals surface area contributed by atoms with Crippen LogP contribution in [0.15, 0.2) is 35.3 Å². The molecule has 1 unspecified atom stereocenters. The minimum absolute atomic E-state index is 0.435. The van der Waals surface area contributed by atoms with Gasteiger partial charge in [-0.15, -0.1) is 11.3 Å². The highest BCUT2D eigenvalue weighted by Gasteiger charge is 2.20. The zero-order chi connectivity index (χ0) is 19.1. The zero-order valence-corrected chi connectivity index (χ0v) is 17.5. The molecule has 5 nitrogen and oxygen atoms in total. The Kier molecular flexibility index (Phi) is 7.24. The molecule has 2 aromatic rings. The maximum absolute atomic E-state index is 4.81. The highest BCUT2D eigenvalue weighted by atomic mass is 32.1. The predicted molar refractivity (Wildman–Crippen MR) is 114 cm³/mol. The molecule has 6 heteroatoms. The Bertz CT molecular complexity index is 740. The van der Waals surface area contributed by atoms with Crippen LogP contribution in [0, 0.1) is 13.8 Å². The van der Waals surface area contributed by atoms with E-state index in [0.717, 1.165) is 36.3 Å². The molecule has 0 amide bonds. The number of aromatic nitrogens is 1. The van der Waals surface area contributed by atoms with Crippen LogP contribution in [0.4, 0.5) is 0 Å². The Morgan fingerprint density at radius 1 is 1.30 bits per heavy atom. The van der Waals surface area contributed by atoms with Gasteiger partial charge < -0.3 is 10.6 Å². The van der Waals surface area contributed by atoms with E-state index in [1.165, 1.54) is 29.8 Å². The molecule has 1 aliphatic rings. The third kappa shape index (κ3) is 6.04. The van der Waals surface area contributed by atoms with Gasteiger partial charge in [0.2, 0.25) is 0 Å². The molecular weight excluding hydrogens is 354 g/mol. The van der Waals surface area contributed by atoms with Crippen LogP contribution in [0.25, 0.3) is 0 Å². The molecule has 0 aliphatic carbocycles. The van der Waals surface area contributed by atoms with E-state index in [2.05, 4.69) is 71.6 Å². The van der Waals surface area contributed by atoms with Gasteiger partial charge in [-0.2, -0.15) is 0 Å². The summed E-state index contributed by atoms with van der Waals surface area (Å²) in [6, 6.07) is 11.2. The molecule has 0 spiro atoms. The Morgan fingerprint density at radius 2 is 2.11 bits per heavy atom. The molecule has 1 aromatic carbocycles. The van der Waals surface area contributed by atoms with Gasteiger partial charge in [-0.3, -0.25) is 4.90 Å². The SMILES string of the molecule is CCNC(=NCc1sc(C)nc1C)NC1CCCN(Cc2ccccc2)C1. The van der Waals surface area contributed by atoms with Crippen LogP contribution >= 0.6 is 11.3 Å². The molecule has 1 aliphatic heterocycles. The predicted octanol–water partition coefficient (Wildman–Crippen LogP) is 3.48. The molecule has 146 valence electrons. The number of rotatable bonds is 6. The maximum Gasteiger partial charge on any atom is 0.191 e. The lowest BCUT2D eigenvalue weighted by Crippen LogP contribution is -2.50. The van der Waals surface area contributed by atoms with Gasteiger partial charge in [0.1, 0.15) is 0 Å². The van der Waals surface area contributed by atoms with E-state index in [1.807, 2.05) is 0 Å². The van der Waals surface area contributed by atoms with E-state index in [0.29, 0.717) is 12.6 Å². The lowest BCUT2D eigenvalue weighted by atomic mass is 10.0. The Labute approximate surface area is 166 Å². The van der Waals surface area contributed by atoms with Crippen LogP contribution in [-0.2, 0) is 13.1 Å². The van der Waals surface area contributed by atoms with Crippen molar-refractivity contribution in [2.45, 2.75) is 52.7 Å². The van der Waals surface area contributed by atoms with Crippen molar-refractivity contribution in [3.05, 3.63) is 51.5 Å². The van der Waals surface area contributed by atoms with Crippen molar-refractivity contribution in [1.29, 1.82) is 0 Å². The summed E-state index contributed by atoms with van der Waals surface area (Å²) in [5.74, 6) is 0.912. The number of nitrogens with one attached hydrogen (secondary N) is 2. The summed E-state index contributed by atoms with van der Waals surface area (Å²) in [5, 5.41) is 8.16. The number of likely N-dealkylation sites (tertiary alicyclic amines) is 1. The van der Waals surface area contributed by atoms with Gasteiger partial charge in [0, 0.05) is 30.6 Å². The van der Waals surface area contributed by atoms with Crippen LogP contribution in [0.2, 0.25) is 0 Å². The summed E-state index contributed by atoms with van der Waals surface area (Å²) < 4.78 is 0. The summed E-state index contributed by atoms with van der Waals surface area (Å²) >= 11 is 1.74. The highest BCUT2D eigenvalue weighted by molar-refractivity contribution is 7.11. The average molecular weight is 386 g/mol. The number of aryl methyl sites for hydroxylation is 2. The summed E-state index contributed by atoms with van der Waals surface area (Å²) in [4.78, 5) is 13.1. The molecule has 1 saturated heterocycles. The second kappa shape index (κ2) is 9.85. The maximum atomic E-state index is 4.81. The highest BCUT2D eigenvalue weighted by Crippen LogP contribution is 2.18. The standard InChI is InChI=1S/C21H31N5S/c1-4-22-21(23-13-20-16(2)24-17(3)27-20)25-19-11-8-12-26(15-19)14-18-9-6-5-7-10-18/h5-7,9-10,19H,4,8,11-15H2,1-3H3,(H2,22,23,25). The van der Waals surface area contributed by atoms with Gasteiger partial charge in [0.15, 0.2) is 5.96 Å². The van der Waals surface area contributed by atoms with Gasteiger partial charge in [-0.1, -0.05) is 30.3 Å². The van der Waals surface area contributed by atoms with Crippen LogP contribution in [0.5, 0.6) is 0 Å². The smallest absolute Gasteiger partial charge is 0.191 e. The fraction of sp³-hybridized carbons (Fsp3) is 0.524. The van der Waals surface area contributed by atoms with E-state index in [9.17, 15) is 0 Å². The summed E-state index contributed by atoms with van der Waals surface area (Å²) in [7, 11) is 0. The number of thiazole rings is 1. The van der Waals surface area contributed by atoms with Crippen molar-refractivity contribution in [3.8, 4) is 0 Å². The third-order valence-electron chi connectivity index (χ3n) is 4.82. The fourth-order valence-electron chi connectivity index (χ4n) is 3.54. The molecule has 1 fully saturated rings. The first-order valence-electron chi connectivity index (χ1n) is 9.88. The number of nitrogens with zero attached hydrogens (tertiary/aromatic N) is 3. The first kappa shape index (κ1) is 19.8. The fourth-order valence-corrected chi connectivity index (χ4v) is 4.40. The van der Waals surface area contributed by atoms with Gasteiger partial charge in [0.05, 0.1) is 17.2 Å². The average Bonchev–Trinajstić information content (AvgIpc) is 2.98. The van der Waals surface area contributed by atoms with E-state index < -0.39 is 0 Å². The van der Waals surface area contributed by atoms with Crippen LogP contribution in [0.1, 0.15) is 40.9 Å². The largest absolute Gasteiger partial charge is 0.357 e. The topological polar surface area (TPSA) is 52.6 Å². The Hall–Kier alpha value is -1.92. The van der Waals surface area contributed by atoms with Crippen LogP contribution < -0.4 is 10.6 Å². The first-order chi connectivity index (χ1) is 13.1. The van der Waals surface area contributed by atoms with Crippen molar-refractivity contribution in [1.82, 2.24) is 20.5 Å². The quantitative estimate of drug-likeness (QED) is 0.590. The van der Waals surface area contributed by atoms with Gasteiger partial charge >= 0.3 is 0 Å². The number of aliphatic imine (C=N–C) groups is 1. The van der Waals surface area contributed by atoms with E-state index in [-0.39, 0.29) is 0 Å². The zero-order valence-electron chi connectivity index (χ0n) is 16.7. The van der Waals surface area contributed by atoms with E-state index in [4.69, 9.17) is 4.99 Å². The van der Waals surface area contributed by atoms with Crippen LogP contribution in [0.3, 0.4) is 0 Å². The molecule has 0 saturated carbocycles. The van der Waals surface area contributed by atoms with Crippen molar-refractivity contribution >= 4 is 17.3 Å². The lowest BCUT2D eigenvalue weighted by Gasteiger charge is -2.34. The normalized spacial score (nSPS) is 18.5. The molecule has 27 heavy (non-hydrogen) atoms. The molecule has 1 aromatic heterocycles. The first-order valence-corrected chi connectivity index (χ1v) is 10.7. The molecule has 3 rings (SSSR count). The van der Waals surface area contributed by atoms with Crippen molar-refractivity contribution in [2.24, 2.45) is 4.99 Å². The Balaban J connectivity index is 1.58. The van der Waals surface area contributed by atoms with E-state index >= 15 is 0 Å². The van der Waals surface area contributed by atoms with Gasteiger partial charge in [0.25, 0.3) is 0 Å². The second-order valence-corrected chi connectivity index (χ2v) is 8.43. The minimum Gasteiger partial charge on any atom is -0.357 e. The second-order valence-electron chi connectivity index (χ2n) is 7.14. The molecule has 2 heterocycles. The number of hydrogen-bond donors (Lipinski definition) is 2. The molecule has 1 atom stereocenters. The lowest BCUT2D eigenvalue weighted by molar-refractivity contribution is 0.192. The number of benzene rings is 1. The van der Waals surface area contributed by atoms with Crippen LogP contribution in [-0.4, -0.2) is 41.5 Å². The molecule has 0 bridgehead atoms.